The van der Waals surface area contributed by atoms with Gasteiger partial charge in [-0.1, -0.05) is 76.6 Å². The Hall–Kier alpha value is -2.48. The summed E-state index contributed by atoms with van der Waals surface area (Å²) in [6.07, 6.45) is 1.31. The fourth-order valence-electron chi connectivity index (χ4n) is 4.04. The van der Waals surface area contributed by atoms with Gasteiger partial charge < -0.3 is 5.32 Å². The lowest BCUT2D eigenvalue weighted by Gasteiger charge is -2.32. The van der Waals surface area contributed by atoms with E-state index in [0.29, 0.717) is 19.4 Å². The van der Waals surface area contributed by atoms with Gasteiger partial charge in [0.2, 0.25) is 15.9 Å². The van der Waals surface area contributed by atoms with E-state index in [0.717, 1.165) is 15.6 Å². The van der Waals surface area contributed by atoms with E-state index >= 15 is 0 Å². The second-order valence-electron chi connectivity index (χ2n) is 7.92. The van der Waals surface area contributed by atoms with Crippen molar-refractivity contribution in [3.8, 4) is 0 Å². The van der Waals surface area contributed by atoms with Crippen LogP contribution in [-0.4, -0.2) is 31.7 Å². The van der Waals surface area contributed by atoms with Crippen molar-refractivity contribution in [2.45, 2.75) is 23.8 Å². The smallest absolute Gasteiger partial charge is 0.243 e. The molecule has 1 aliphatic rings. The van der Waals surface area contributed by atoms with Gasteiger partial charge in [0.15, 0.2) is 0 Å². The molecule has 0 unspecified atom stereocenters. The summed E-state index contributed by atoms with van der Waals surface area (Å²) in [5, 5.41) is 3.17. The molecular weight excluding hydrogens is 488 g/mol. The highest BCUT2D eigenvalue weighted by Gasteiger charge is 2.34. The van der Waals surface area contributed by atoms with Gasteiger partial charge in [-0.3, -0.25) is 4.79 Å². The number of halogens is 1. The zero-order valence-electron chi connectivity index (χ0n) is 17.5. The van der Waals surface area contributed by atoms with Crippen LogP contribution < -0.4 is 5.32 Å². The predicted molar refractivity (Wildman–Crippen MR) is 128 cm³/mol. The molecular formula is C25H25BrN2O3S. The van der Waals surface area contributed by atoms with E-state index < -0.39 is 15.9 Å². The number of carbonyl (C=O) groups excluding carboxylic acids is 1. The highest BCUT2D eigenvalue weighted by atomic mass is 79.9. The van der Waals surface area contributed by atoms with Gasteiger partial charge in [0.1, 0.15) is 0 Å². The van der Waals surface area contributed by atoms with E-state index in [9.17, 15) is 13.2 Å². The van der Waals surface area contributed by atoms with Crippen molar-refractivity contribution < 1.29 is 13.2 Å². The maximum Gasteiger partial charge on any atom is 0.243 e. The number of benzene rings is 3. The van der Waals surface area contributed by atoms with E-state index in [2.05, 4.69) is 21.2 Å². The average molecular weight is 513 g/mol. The van der Waals surface area contributed by atoms with E-state index in [1.165, 1.54) is 4.31 Å². The van der Waals surface area contributed by atoms with Crippen LogP contribution in [0.4, 0.5) is 0 Å². The van der Waals surface area contributed by atoms with Crippen molar-refractivity contribution in [2.75, 3.05) is 13.1 Å². The number of nitrogens with zero attached hydrogens (tertiary/aromatic N) is 1. The molecule has 7 heteroatoms. The molecule has 1 aliphatic heterocycles. The Kier molecular flexibility index (Phi) is 7.08. The third-order valence-electron chi connectivity index (χ3n) is 5.76. The van der Waals surface area contributed by atoms with Crippen molar-refractivity contribution in [3.05, 3.63) is 101 Å². The molecule has 0 saturated carbocycles. The number of amides is 1. The van der Waals surface area contributed by atoms with Crippen molar-refractivity contribution in [3.63, 3.8) is 0 Å². The standard InChI is InChI=1S/C25H25BrN2O3S/c26-22-13-15-23(16-14-22)32(30,31)28-17-7-12-21(18-28)25(29)27-24(19-8-3-1-4-9-19)20-10-5-2-6-11-20/h1-6,8-11,13-16,21,24H,7,12,17-18H2,(H,27,29)/t21-/m1/s1. The van der Waals surface area contributed by atoms with Crippen molar-refractivity contribution in [1.82, 2.24) is 9.62 Å². The van der Waals surface area contributed by atoms with Gasteiger partial charge in [0.25, 0.3) is 0 Å². The average Bonchev–Trinajstić information content (AvgIpc) is 2.84. The lowest BCUT2D eigenvalue weighted by Crippen LogP contribution is -2.46. The Labute approximate surface area is 197 Å². The minimum atomic E-state index is -3.65. The summed E-state index contributed by atoms with van der Waals surface area (Å²) in [5.74, 6) is -0.526. The monoisotopic (exact) mass is 512 g/mol. The molecule has 0 radical (unpaired) electrons. The highest BCUT2D eigenvalue weighted by molar-refractivity contribution is 9.10. The zero-order chi connectivity index (χ0) is 22.6. The number of sulfonamides is 1. The van der Waals surface area contributed by atoms with Gasteiger partial charge in [0.05, 0.1) is 16.9 Å². The molecule has 1 amide bonds. The van der Waals surface area contributed by atoms with Crippen LogP contribution in [-0.2, 0) is 14.8 Å². The molecule has 32 heavy (non-hydrogen) atoms. The van der Waals surface area contributed by atoms with Crippen LogP contribution in [0.5, 0.6) is 0 Å². The summed E-state index contributed by atoms with van der Waals surface area (Å²) >= 11 is 3.34. The van der Waals surface area contributed by atoms with E-state index in [1.54, 1.807) is 24.3 Å². The van der Waals surface area contributed by atoms with Crippen LogP contribution in [0.3, 0.4) is 0 Å². The lowest BCUT2D eigenvalue weighted by molar-refractivity contribution is -0.126. The van der Waals surface area contributed by atoms with Gasteiger partial charge >= 0.3 is 0 Å². The molecule has 1 heterocycles. The quantitative estimate of drug-likeness (QED) is 0.517. The SMILES string of the molecule is O=C(NC(c1ccccc1)c1ccccc1)[C@@H]1CCCN(S(=O)(=O)c2ccc(Br)cc2)C1. The number of piperidine rings is 1. The topological polar surface area (TPSA) is 66.5 Å². The summed E-state index contributed by atoms with van der Waals surface area (Å²) in [4.78, 5) is 13.5. The minimum Gasteiger partial charge on any atom is -0.345 e. The number of hydrogen-bond donors (Lipinski definition) is 1. The fourth-order valence-corrected chi connectivity index (χ4v) is 5.83. The molecule has 166 valence electrons. The first kappa shape index (κ1) is 22.7. The molecule has 0 aliphatic carbocycles. The maximum atomic E-state index is 13.3. The largest absolute Gasteiger partial charge is 0.345 e. The predicted octanol–water partition coefficient (Wildman–Crippen LogP) is 4.76. The Balaban J connectivity index is 1.52. The summed E-state index contributed by atoms with van der Waals surface area (Å²) in [5.41, 5.74) is 1.98. The van der Waals surface area contributed by atoms with Crippen LogP contribution >= 0.6 is 15.9 Å². The molecule has 1 N–H and O–H groups in total. The number of nitrogens with one attached hydrogen (secondary N) is 1. The molecule has 1 atom stereocenters. The summed E-state index contributed by atoms with van der Waals surface area (Å²) < 4.78 is 28.5. The van der Waals surface area contributed by atoms with E-state index in [-0.39, 0.29) is 23.4 Å². The maximum absolute atomic E-state index is 13.3. The van der Waals surface area contributed by atoms with Crippen LogP contribution in [0.1, 0.15) is 30.0 Å². The van der Waals surface area contributed by atoms with Gasteiger partial charge in [-0.25, -0.2) is 8.42 Å². The van der Waals surface area contributed by atoms with Crippen LogP contribution in [0.25, 0.3) is 0 Å². The third kappa shape index (κ3) is 5.11. The van der Waals surface area contributed by atoms with E-state index in [4.69, 9.17) is 0 Å². The summed E-state index contributed by atoms with van der Waals surface area (Å²) in [6.45, 7) is 0.601. The van der Waals surface area contributed by atoms with Crippen molar-refractivity contribution in [1.29, 1.82) is 0 Å². The normalized spacial score (nSPS) is 17.2. The first-order valence-corrected chi connectivity index (χ1v) is 12.8. The molecule has 5 nitrogen and oxygen atoms in total. The number of carbonyl (C=O) groups is 1. The lowest BCUT2D eigenvalue weighted by atomic mass is 9.95. The number of hydrogen-bond acceptors (Lipinski definition) is 3. The van der Waals surface area contributed by atoms with Crippen LogP contribution in [0.2, 0.25) is 0 Å². The molecule has 0 aromatic heterocycles. The Morgan fingerprint density at radius 1 is 0.906 bits per heavy atom. The van der Waals surface area contributed by atoms with Crippen molar-refractivity contribution in [2.24, 2.45) is 5.92 Å². The fraction of sp³-hybridized carbons (Fsp3) is 0.240. The molecule has 0 bridgehead atoms. The molecule has 3 aromatic carbocycles. The molecule has 1 saturated heterocycles. The third-order valence-corrected chi connectivity index (χ3v) is 8.17. The first-order valence-electron chi connectivity index (χ1n) is 10.6. The summed E-state index contributed by atoms with van der Waals surface area (Å²) in [7, 11) is -3.65. The number of rotatable bonds is 6. The molecule has 3 aromatic rings. The van der Waals surface area contributed by atoms with Crippen LogP contribution in [0, 0.1) is 5.92 Å². The molecule has 0 spiro atoms. The summed E-state index contributed by atoms with van der Waals surface area (Å²) in [6, 6.07) is 26.0. The van der Waals surface area contributed by atoms with Crippen LogP contribution in [0.15, 0.2) is 94.3 Å². The van der Waals surface area contributed by atoms with Gasteiger partial charge in [-0.2, -0.15) is 4.31 Å². The van der Waals surface area contributed by atoms with Gasteiger partial charge in [-0.15, -0.1) is 0 Å². The Morgan fingerprint density at radius 2 is 1.47 bits per heavy atom. The van der Waals surface area contributed by atoms with E-state index in [1.807, 2.05) is 60.7 Å². The molecule has 1 fully saturated rings. The Morgan fingerprint density at radius 3 is 2.03 bits per heavy atom. The second kappa shape index (κ2) is 9.98. The minimum absolute atomic E-state index is 0.126. The first-order chi connectivity index (χ1) is 15.4. The Bertz CT molecular complexity index is 1110. The van der Waals surface area contributed by atoms with Gasteiger partial charge in [0, 0.05) is 17.6 Å². The zero-order valence-corrected chi connectivity index (χ0v) is 19.9. The molecule has 4 rings (SSSR count). The van der Waals surface area contributed by atoms with Gasteiger partial charge in [-0.05, 0) is 48.2 Å². The second-order valence-corrected chi connectivity index (χ2v) is 10.8. The van der Waals surface area contributed by atoms with Crippen molar-refractivity contribution >= 4 is 31.9 Å². The highest BCUT2D eigenvalue weighted by Crippen LogP contribution is 2.27.